The summed E-state index contributed by atoms with van der Waals surface area (Å²) in [6, 6.07) is 0.318. The Balaban J connectivity index is 2.59. The van der Waals surface area contributed by atoms with Gasteiger partial charge in [-0.25, -0.2) is 0 Å². The Hall–Kier alpha value is -0.480. The van der Waals surface area contributed by atoms with Gasteiger partial charge in [-0.15, -0.1) is 12.3 Å². The van der Waals surface area contributed by atoms with Gasteiger partial charge < -0.3 is 5.73 Å². The van der Waals surface area contributed by atoms with Crippen molar-refractivity contribution in [2.75, 3.05) is 0 Å². The van der Waals surface area contributed by atoms with E-state index in [0.717, 1.165) is 18.8 Å². The van der Waals surface area contributed by atoms with E-state index in [1.807, 2.05) is 0 Å². The highest BCUT2D eigenvalue weighted by Gasteiger charge is 2.39. The molecule has 1 aliphatic carbocycles. The fraction of sp³-hybridized carbons (Fsp3) is 0.857. The molecule has 0 radical (unpaired) electrons. The number of hydrogen-bond donors (Lipinski definition) is 1. The van der Waals surface area contributed by atoms with E-state index in [0.29, 0.717) is 11.5 Å². The van der Waals surface area contributed by atoms with Crippen molar-refractivity contribution in [1.29, 1.82) is 0 Å². The lowest BCUT2D eigenvalue weighted by atomic mass is 9.71. The van der Waals surface area contributed by atoms with Crippen LogP contribution in [-0.2, 0) is 0 Å². The molecule has 0 bridgehead atoms. The molecule has 1 unspecified atom stereocenters. The summed E-state index contributed by atoms with van der Waals surface area (Å²) in [4.78, 5) is 0. The van der Waals surface area contributed by atoms with Crippen molar-refractivity contribution in [2.24, 2.45) is 17.1 Å². The number of terminal acetylenes is 1. The molecule has 1 saturated carbocycles. The Morgan fingerprint density at radius 3 is 2.40 bits per heavy atom. The van der Waals surface area contributed by atoms with Crippen LogP contribution < -0.4 is 5.73 Å². The lowest BCUT2D eigenvalue weighted by Gasteiger charge is -2.36. The molecule has 0 saturated heterocycles. The Bertz CT molecular complexity index is 218. The van der Waals surface area contributed by atoms with Gasteiger partial charge >= 0.3 is 0 Å². The van der Waals surface area contributed by atoms with Gasteiger partial charge in [0.2, 0.25) is 0 Å². The van der Waals surface area contributed by atoms with E-state index in [1.165, 1.54) is 32.1 Å². The fourth-order valence-corrected chi connectivity index (χ4v) is 3.16. The molecule has 0 aromatic rings. The summed E-state index contributed by atoms with van der Waals surface area (Å²) < 4.78 is 0. The Morgan fingerprint density at radius 2 is 1.93 bits per heavy atom. The molecular weight excluding hydrogens is 182 g/mol. The first-order chi connectivity index (χ1) is 7.10. The molecule has 0 heterocycles. The molecule has 0 aromatic carbocycles. The minimum absolute atomic E-state index is 0.318. The smallest absolute Gasteiger partial charge is 0.0105 e. The maximum Gasteiger partial charge on any atom is 0.0105 e. The third kappa shape index (κ3) is 3.24. The van der Waals surface area contributed by atoms with Gasteiger partial charge in [0.05, 0.1) is 0 Å². The van der Waals surface area contributed by atoms with Crippen LogP contribution in [0.15, 0.2) is 0 Å². The van der Waals surface area contributed by atoms with Crippen molar-refractivity contribution in [3.05, 3.63) is 0 Å². The fourth-order valence-electron chi connectivity index (χ4n) is 3.16. The molecule has 2 N–H and O–H groups in total. The molecule has 1 rings (SSSR count). The van der Waals surface area contributed by atoms with Crippen molar-refractivity contribution in [3.63, 3.8) is 0 Å². The molecule has 0 amide bonds. The van der Waals surface area contributed by atoms with Gasteiger partial charge in [0.25, 0.3) is 0 Å². The topological polar surface area (TPSA) is 26.0 Å². The van der Waals surface area contributed by atoms with Crippen LogP contribution in [0, 0.1) is 23.7 Å². The Labute approximate surface area is 94.8 Å². The molecule has 0 aliphatic heterocycles. The number of hydrogen-bond acceptors (Lipinski definition) is 1. The molecule has 0 spiro atoms. The standard InChI is InChI=1S/C14H25N/c1-4-5-8-13(15)14(11-12(2)3)9-6-7-10-14/h1,12-13H,5-11,15H2,2-3H3. The second-order valence-corrected chi connectivity index (χ2v) is 5.52. The van der Waals surface area contributed by atoms with Crippen LogP contribution in [-0.4, -0.2) is 6.04 Å². The lowest BCUT2D eigenvalue weighted by Crippen LogP contribution is -2.40. The van der Waals surface area contributed by atoms with Crippen molar-refractivity contribution in [1.82, 2.24) is 0 Å². The Morgan fingerprint density at radius 1 is 1.33 bits per heavy atom. The van der Waals surface area contributed by atoms with E-state index < -0.39 is 0 Å². The van der Waals surface area contributed by atoms with Crippen molar-refractivity contribution >= 4 is 0 Å². The van der Waals surface area contributed by atoms with Crippen molar-refractivity contribution in [2.45, 2.75) is 64.8 Å². The van der Waals surface area contributed by atoms with Crippen LogP contribution in [0.1, 0.15) is 58.8 Å². The lowest BCUT2D eigenvalue weighted by molar-refractivity contribution is 0.176. The summed E-state index contributed by atoms with van der Waals surface area (Å²) in [5, 5.41) is 0. The first kappa shape index (κ1) is 12.6. The van der Waals surface area contributed by atoms with Crippen molar-refractivity contribution in [3.8, 4) is 12.3 Å². The zero-order valence-electron chi connectivity index (χ0n) is 10.3. The van der Waals surface area contributed by atoms with Gasteiger partial charge in [-0.05, 0) is 37.0 Å². The molecule has 1 atom stereocenters. The van der Waals surface area contributed by atoms with Gasteiger partial charge in [-0.2, -0.15) is 0 Å². The van der Waals surface area contributed by atoms with Crippen LogP contribution >= 0.6 is 0 Å². The second kappa shape index (κ2) is 5.56. The zero-order chi connectivity index (χ0) is 11.3. The van der Waals surface area contributed by atoms with Gasteiger partial charge in [-0.3, -0.25) is 0 Å². The number of rotatable bonds is 5. The quantitative estimate of drug-likeness (QED) is 0.688. The SMILES string of the molecule is C#CCCC(N)C1(CC(C)C)CCCC1. The van der Waals surface area contributed by atoms with Crippen LogP contribution in [0.2, 0.25) is 0 Å². The monoisotopic (exact) mass is 207 g/mol. The predicted molar refractivity (Wildman–Crippen MR) is 66.4 cm³/mol. The van der Waals surface area contributed by atoms with E-state index in [-0.39, 0.29) is 0 Å². The summed E-state index contributed by atoms with van der Waals surface area (Å²) in [6.07, 6.45) is 13.8. The predicted octanol–water partition coefficient (Wildman–Crippen LogP) is 3.33. The largest absolute Gasteiger partial charge is 0.327 e. The maximum absolute atomic E-state index is 6.35. The minimum Gasteiger partial charge on any atom is -0.327 e. The van der Waals surface area contributed by atoms with E-state index in [2.05, 4.69) is 19.8 Å². The first-order valence-corrected chi connectivity index (χ1v) is 6.30. The first-order valence-electron chi connectivity index (χ1n) is 6.30. The molecule has 15 heavy (non-hydrogen) atoms. The Kier molecular flexibility index (Phi) is 4.67. The third-order valence-corrected chi connectivity index (χ3v) is 3.80. The summed E-state index contributed by atoms with van der Waals surface area (Å²) in [7, 11) is 0. The van der Waals surface area contributed by atoms with Crippen LogP contribution in [0.25, 0.3) is 0 Å². The summed E-state index contributed by atoms with van der Waals surface area (Å²) in [5.74, 6) is 3.46. The van der Waals surface area contributed by atoms with Gasteiger partial charge in [0, 0.05) is 12.5 Å². The summed E-state index contributed by atoms with van der Waals surface area (Å²) in [6.45, 7) is 4.60. The van der Waals surface area contributed by atoms with Gasteiger partial charge in [-0.1, -0.05) is 26.7 Å². The zero-order valence-corrected chi connectivity index (χ0v) is 10.3. The highest BCUT2D eigenvalue weighted by molar-refractivity contribution is 4.96. The molecule has 1 heteroatoms. The highest BCUT2D eigenvalue weighted by atomic mass is 14.7. The van der Waals surface area contributed by atoms with E-state index in [9.17, 15) is 0 Å². The van der Waals surface area contributed by atoms with E-state index in [4.69, 9.17) is 12.2 Å². The van der Waals surface area contributed by atoms with Gasteiger partial charge in [0.15, 0.2) is 0 Å². The highest BCUT2D eigenvalue weighted by Crippen LogP contribution is 2.46. The van der Waals surface area contributed by atoms with Gasteiger partial charge in [0.1, 0.15) is 0 Å². The van der Waals surface area contributed by atoms with Crippen LogP contribution in [0.4, 0.5) is 0 Å². The molecule has 86 valence electrons. The molecular formula is C14H25N. The molecule has 0 aromatic heterocycles. The third-order valence-electron chi connectivity index (χ3n) is 3.80. The van der Waals surface area contributed by atoms with Crippen LogP contribution in [0.3, 0.4) is 0 Å². The van der Waals surface area contributed by atoms with Crippen molar-refractivity contribution < 1.29 is 0 Å². The maximum atomic E-state index is 6.35. The van der Waals surface area contributed by atoms with E-state index >= 15 is 0 Å². The summed E-state index contributed by atoms with van der Waals surface area (Å²) >= 11 is 0. The van der Waals surface area contributed by atoms with E-state index in [1.54, 1.807) is 0 Å². The molecule has 1 nitrogen and oxygen atoms in total. The average Bonchev–Trinajstić information content (AvgIpc) is 2.62. The number of nitrogens with two attached hydrogens (primary N) is 1. The normalized spacial score (nSPS) is 21.5. The molecule has 1 aliphatic rings. The minimum atomic E-state index is 0.318. The molecule has 1 fully saturated rings. The average molecular weight is 207 g/mol. The summed E-state index contributed by atoms with van der Waals surface area (Å²) in [5.41, 5.74) is 6.76. The van der Waals surface area contributed by atoms with Crippen LogP contribution in [0.5, 0.6) is 0 Å². The second-order valence-electron chi connectivity index (χ2n) is 5.52.